The van der Waals surface area contributed by atoms with E-state index in [1.54, 1.807) is 12.1 Å². The fraction of sp³-hybridized carbons (Fsp3) is 0.300. The summed E-state index contributed by atoms with van der Waals surface area (Å²) in [5.41, 5.74) is 2.78. The summed E-state index contributed by atoms with van der Waals surface area (Å²) in [6, 6.07) is 12.7. The molecule has 0 radical (unpaired) electrons. The Labute approximate surface area is 141 Å². The molecule has 2 aromatic carbocycles. The second-order valence-corrected chi connectivity index (χ2v) is 5.86. The molecular formula is C20H20O4. The summed E-state index contributed by atoms with van der Waals surface area (Å²) in [6.45, 7) is 2.85. The van der Waals surface area contributed by atoms with Crippen LogP contribution in [0.1, 0.15) is 46.8 Å². The molecule has 1 heterocycles. The Kier molecular flexibility index (Phi) is 4.94. The van der Waals surface area contributed by atoms with E-state index in [1.165, 1.54) is 0 Å². The van der Waals surface area contributed by atoms with Gasteiger partial charge in [-0.25, -0.2) is 0 Å². The highest BCUT2D eigenvalue weighted by Gasteiger charge is 2.22. The van der Waals surface area contributed by atoms with Crippen molar-refractivity contribution in [3.8, 4) is 5.75 Å². The number of hydrogen-bond donors (Lipinski definition) is 0. The molecule has 0 fully saturated rings. The van der Waals surface area contributed by atoms with Crippen molar-refractivity contribution in [1.29, 1.82) is 0 Å². The molecule has 124 valence electrons. The maximum Gasteiger partial charge on any atom is 0.310 e. The molecule has 0 atom stereocenters. The summed E-state index contributed by atoms with van der Waals surface area (Å²) in [7, 11) is 0. The molecular weight excluding hydrogens is 304 g/mol. The van der Waals surface area contributed by atoms with Crippen molar-refractivity contribution in [3.05, 3.63) is 64.7 Å². The summed E-state index contributed by atoms with van der Waals surface area (Å²) >= 11 is 0. The molecule has 24 heavy (non-hydrogen) atoms. The maximum absolute atomic E-state index is 12.8. The number of esters is 1. The van der Waals surface area contributed by atoms with Gasteiger partial charge in [0.25, 0.3) is 0 Å². The van der Waals surface area contributed by atoms with Gasteiger partial charge in [0.15, 0.2) is 5.78 Å². The standard InChI is InChI=1S/C20H20O4/c1-2-3-10-23-19(21)12-14-8-9-18-17(11-14)20(22)16-7-5-4-6-15(16)13-24-18/h4-9,11H,2-3,10,12-13H2,1H3. The second-order valence-electron chi connectivity index (χ2n) is 5.86. The van der Waals surface area contributed by atoms with Crippen LogP contribution >= 0.6 is 0 Å². The summed E-state index contributed by atoms with van der Waals surface area (Å²) in [5, 5.41) is 0. The molecule has 0 aromatic heterocycles. The fourth-order valence-electron chi connectivity index (χ4n) is 2.71. The molecule has 4 heteroatoms. The lowest BCUT2D eigenvalue weighted by Crippen LogP contribution is -2.10. The zero-order chi connectivity index (χ0) is 16.9. The normalized spacial score (nSPS) is 12.6. The zero-order valence-corrected chi connectivity index (χ0v) is 13.7. The van der Waals surface area contributed by atoms with Crippen LogP contribution in [0.15, 0.2) is 42.5 Å². The first kappa shape index (κ1) is 16.2. The van der Waals surface area contributed by atoms with E-state index in [4.69, 9.17) is 9.47 Å². The Morgan fingerprint density at radius 2 is 2.00 bits per heavy atom. The number of carbonyl (C=O) groups is 2. The highest BCUT2D eigenvalue weighted by atomic mass is 16.5. The van der Waals surface area contributed by atoms with Crippen molar-refractivity contribution in [2.75, 3.05) is 6.61 Å². The van der Waals surface area contributed by atoms with Gasteiger partial charge < -0.3 is 9.47 Å². The van der Waals surface area contributed by atoms with E-state index >= 15 is 0 Å². The predicted octanol–water partition coefficient (Wildman–Crippen LogP) is 3.70. The average molecular weight is 324 g/mol. The minimum absolute atomic E-state index is 0.0701. The monoisotopic (exact) mass is 324 g/mol. The molecule has 0 aliphatic carbocycles. The molecule has 0 bridgehead atoms. The number of carbonyl (C=O) groups excluding carboxylic acids is 2. The molecule has 0 unspecified atom stereocenters. The molecule has 0 saturated heterocycles. The Balaban J connectivity index is 1.81. The number of benzene rings is 2. The van der Waals surface area contributed by atoms with Crippen LogP contribution in [-0.4, -0.2) is 18.4 Å². The Morgan fingerprint density at radius 3 is 2.83 bits per heavy atom. The van der Waals surface area contributed by atoms with Crippen LogP contribution in [0.3, 0.4) is 0 Å². The number of ether oxygens (including phenoxy) is 2. The van der Waals surface area contributed by atoms with Gasteiger partial charge in [0.1, 0.15) is 12.4 Å². The average Bonchev–Trinajstić information content (AvgIpc) is 2.73. The summed E-state index contributed by atoms with van der Waals surface area (Å²) < 4.78 is 10.9. The van der Waals surface area contributed by atoms with Gasteiger partial charge in [0.05, 0.1) is 18.6 Å². The van der Waals surface area contributed by atoms with E-state index in [0.717, 1.165) is 24.0 Å². The van der Waals surface area contributed by atoms with E-state index in [1.807, 2.05) is 37.3 Å². The third-order valence-corrected chi connectivity index (χ3v) is 4.04. The lowest BCUT2D eigenvalue weighted by Gasteiger charge is -2.09. The van der Waals surface area contributed by atoms with E-state index in [-0.39, 0.29) is 18.2 Å². The highest BCUT2D eigenvalue weighted by Crippen LogP contribution is 2.29. The summed E-state index contributed by atoms with van der Waals surface area (Å²) in [6.07, 6.45) is 2.00. The number of rotatable bonds is 5. The number of fused-ring (bicyclic) bond motifs is 2. The van der Waals surface area contributed by atoms with Crippen LogP contribution in [-0.2, 0) is 22.6 Å². The van der Waals surface area contributed by atoms with Gasteiger partial charge in [0, 0.05) is 11.1 Å². The van der Waals surface area contributed by atoms with Crippen molar-refractivity contribution in [2.45, 2.75) is 32.8 Å². The number of unbranched alkanes of at least 4 members (excludes halogenated alkanes) is 1. The van der Waals surface area contributed by atoms with Crippen LogP contribution in [0, 0.1) is 0 Å². The topological polar surface area (TPSA) is 52.6 Å². The Morgan fingerprint density at radius 1 is 1.17 bits per heavy atom. The molecule has 1 aliphatic heterocycles. The van der Waals surface area contributed by atoms with Crippen molar-refractivity contribution in [2.24, 2.45) is 0 Å². The Hall–Kier alpha value is -2.62. The molecule has 0 saturated carbocycles. The first-order chi connectivity index (χ1) is 11.7. The van der Waals surface area contributed by atoms with E-state index in [0.29, 0.717) is 30.1 Å². The fourth-order valence-corrected chi connectivity index (χ4v) is 2.71. The van der Waals surface area contributed by atoms with E-state index in [2.05, 4.69) is 0 Å². The predicted molar refractivity (Wildman–Crippen MR) is 90.2 cm³/mol. The first-order valence-electron chi connectivity index (χ1n) is 8.23. The minimum atomic E-state index is -0.272. The quantitative estimate of drug-likeness (QED) is 0.622. The van der Waals surface area contributed by atoms with Gasteiger partial charge >= 0.3 is 5.97 Å². The van der Waals surface area contributed by atoms with Gasteiger partial charge in [-0.3, -0.25) is 9.59 Å². The van der Waals surface area contributed by atoms with Crippen molar-refractivity contribution in [1.82, 2.24) is 0 Å². The molecule has 0 spiro atoms. The van der Waals surface area contributed by atoms with Gasteiger partial charge in [-0.15, -0.1) is 0 Å². The van der Waals surface area contributed by atoms with Gasteiger partial charge in [-0.05, 0) is 24.1 Å². The van der Waals surface area contributed by atoms with E-state index < -0.39 is 0 Å². The highest BCUT2D eigenvalue weighted by molar-refractivity contribution is 6.12. The van der Waals surface area contributed by atoms with Crippen LogP contribution in [0.5, 0.6) is 5.75 Å². The minimum Gasteiger partial charge on any atom is -0.488 e. The maximum atomic E-state index is 12.8. The molecule has 2 aromatic rings. The molecule has 0 amide bonds. The van der Waals surface area contributed by atoms with Crippen LogP contribution in [0.4, 0.5) is 0 Å². The molecule has 4 nitrogen and oxygen atoms in total. The van der Waals surface area contributed by atoms with E-state index in [9.17, 15) is 9.59 Å². The number of hydrogen-bond acceptors (Lipinski definition) is 4. The second kappa shape index (κ2) is 7.30. The molecule has 1 aliphatic rings. The summed E-state index contributed by atoms with van der Waals surface area (Å²) in [5.74, 6) is 0.212. The molecule has 0 N–H and O–H groups in total. The smallest absolute Gasteiger partial charge is 0.310 e. The third kappa shape index (κ3) is 3.48. The van der Waals surface area contributed by atoms with Gasteiger partial charge in [-0.2, -0.15) is 0 Å². The summed E-state index contributed by atoms with van der Waals surface area (Å²) in [4.78, 5) is 24.6. The van der Waals surface area contributed by atoms with Gasteiger partial charge in [-0.1, -0.05) is 43.7 Å². The molecule has 3 rings (SSSR count). The van der Waals surface area contributed by atoms with Crippen molar-refractivity contribution < 1.29 is 19.1 Å². The van der Waals surface area contributed by atoms with Crippen LogP contribution in [0.25, 0.3) is 0 Å². The number of ketones is 1. The van der Waals surface area contributed by atoms with Crippen LogP contribution < -0.4 is 4.74 Å². The largest absolute Gasteiger partial charge is 0.488 e. The SMILES string of the molecule is CCCCOC(=O)Cc1ccc2c(c1)C(=O)c1ccccc1CO2. The zero-order valence-electron chi connectivity index (χ0n) is 13.7. The van der Waals surface area contributed by atoms with Crippen molar-refractivity contribution >= 4 is 11.8 Å². The third-order valence-electron chi connectivity index (χ3n) is 4.04. The van der Waals surface area contributed by atoms with Gasteiger partial charge in [0.2, 0.25) is 0 Å². The first-order valence-corrected chi connectivity index (χ1v) is 8.23. The van der Waals surface area contributed by atoms with Crippen molar-refractivity contribution in [3.63, 3.8) is 0 Å². The Bertz CT molecular complexity index is 764. The van der Waals surface area contributed by atoms with Crippen LogP contribution in [0.2, 0.25) is 0 Å². The lowest BCUT2D eigenvalue weighted by molar-refractivity contribution is -0.142. The lowest BCUT2D eigenvalue weighted by atomic mass is 9.97.